The minimum Gasteiger partial charge on any atom is -0.849 e. The highest BCUT2D eigenvalue weighted by molar-refractivity contribution is 6.04. The van der Waals surface area contributed by atoms with Gasteiger partial charge in [0.15, 0.2) is 5.78 Å². The maximum Gasteiger partial charge on any atom is 0.319 e. The smallest absolute Gasteiger partial charge is 0.319 e. The fraction of sp³-hybridized carbons (Fsp3) is 0.741. The lowest BCUT2D eigenvalue weighted by molar-refractivity contribution is -0.464. The molecule has 1 aromatic rings. The average molecular weight is 489 g/mol. The summed E-state index contributed by atoms with van der Waals surface area (Å²) in [6.07, 6.45) is 2.85. The SMILES string of the molecule is CO[C@]1(C)C[C@@H](C)CN(C)[C@H](C2CN(Cc3ccncc3)C2)COC(=O)C(C)(C)C(=O)[C@H](C)[C@H]1[O-]. The zero-order chi connectivity index (χ0) is 26.0. The molecule has 2 aliphatic heterocycles. The number of hydrogen-bond acceptors (Lipinski definition) is 8. The molecular formula is C27H42N3O5-. The zero-order valence-corrected chi connectivity index (χ0v) is 22.3. The Morgan fingerprint density at radius 1 is 1.14 bits per heavy atom. The van der Waals surface area contributed by atoms with Crippen molar-refractivity contribution in [2.24, 2.45) is 23.2 Å². The number of carbonyl (C=O) groups is 2. The van der Waals surface area contributed by atoms with Gasteiger partial charge in [-0.3, -0.25) is 24.4 Å². The van der Waals surface area contributed by atoms with Crippen molar-refractivity contribution in [1.82, 2.24) is 14.8 Å². The highest BCUT2D eigenvalue weighted by Gasteiger charge is 2.45. The summed E-state index contributed by atoms with van der Waals surface area (Å²) in [5.41, 5.74) is -1.19. The minimum absolute atomic E-state index is 0.0241. The molecule has 3 heterocycles. The van der Waals surface area contributed by atoms with E-state index in [0.717, 1.165) is 26.2 Å². The van der Waals surface area contributed by atoms with E-state index in [0.29, 0.717) is 12.3 Å². The number of Topliss-reactive ketones (excluding diaryl/α,β-unsaturated/α-hetero) is 1. The highest BCUT2D eigenvalue weighted by atomic mass is 16.5. The molecule has 0 amide bonds. The molecule has 8 nitrogen and oxygen atoms in total. The van der Waals surface area contributed by atoms with Crippen LogP contribution in [0.5, 0.6) is 0 Å². The number of esters is 1. The molecule has 0 spiro atoms. The van der Waals surface area contributed by atoms with E-state index in [2.05, 4.69) is 28.8 Å². The van der Waals surface area contributed by atoms with Gasteiger partial charge < -0.3 is 14.6 Å². The molecule has 8 heteroatoms. The predicted molar refractivity (Wildman–Crippen MR) is 131 cm³/mol. The lowest BCUT2D eigenvalue weighted by Crippen LogP contribution is -2.58. The van der Waals surface area contributed by atoms with E-state index < -0.39 is 34.8 Å². The van der Waals surface area contributed by atoms with Crippen molar-refractivity contribution in [1.29, 1.82) is 0 Å². The summed E-state index contributed by atoms with van der Waals surface area (Å²) in [4.78, 5) is 35.0. The first-order valence-corrected chi connectivity index (χ1v) is 12.6. The van der Waals surface area contributed by atoms with Crippen molar-refractivity contribution in [3.05, 3.63) is 30.1 Å². The van der Waals surface area contributed by atoms with Crippen LogP contribution in [0.15, 0.2) is 24.5 Å². The molecule has 1 aromatic heterocycles. The maximum atomic E-state index is 13.4. The average Bonchev–Trinajstić information content (AvgIpc) is 2.80. The van der Waals surface area contributed by atoms with Gasteiger partial charge in [0.25, 0.3) is 0 Å². The molecule has 0 bridgehead atoms. The number of nitrogens with zero attached hydrogens (tertiary/aromatic N) is 3. The molecule has 0 radical (unpaired) electrons. The topological polar surface area (TPSA) is 95.0 Å². The van der Waals surface area contributed by atoms with Crippen molar-refractivity contribution in [3.63, 3.8) is 0 Å². The van der Waals surface area contributed by atoms with Crippen LogP contribution in [-0.2, 0) is 25.6 Å². The van der Waals surface area contributed by atoms with Crippen LogP contribution >= 0.6 is 0 Å². The quantitative estimate of drug-likeness (QED) is 0.467. The Morgan fingerprint density at radius 3 is 2.37 bits per heavy atom. The van der Waals surface area contributed by atoms with Crippen LogP contribution in [0.3, 0.4) is 0 Å². The van der Waals surface area contributed by atoms with Gasteiger partial charge in [-0.1, -0.05) is 20.0 Å². The minimum atomic E-state index is -1.40. The van der Waals surface area contributed by atoms with E-state index in [1.165, 1.54) is 12.7 Å². The molecule has 0 N–H and O–H groups in total. The third-order valence-corrected chi connectivity index (χ3v) is 8.05. The molecule has 3 rings (SSSR count). The number of carbonyl (C=O) groups excluding carboxylic acids is 2. The van der Waals surface area contributed by atoms with Gasteiger partial charge in [-0.25, -0.2) is 0 Å². The zero-order valence-electron chi connectivity index (χ0n) is 22.3. The number of ketones is 1. The van der Waals surface area contributed by atoms with Gasteiger partial charge in [0.1, 0.15) is 12.0 Å². The van der Waals surface area contributed by atoms with Crippen molar-refractivity contribution in [2.45, 2.75) is 65.3 Å². The Hall–Kier alpha value is -1.87. The molecule has 0 saturated carbocycles. The molecule has 0 aliphatic carbocycles. The summed E-state index contributed by atoms with van der Waals surface area (Å²) >= 11 is 0. The van der Waals surface area contributed by atoms with E-state index in [4.69, 9.17) is 9.47 Å². The number of aromatic nitrogens is 1. The number of methoxy groups -OCH3 is 1. The second-order valence-corrected chi connectivity index (χ2v) is 11.4. The lowest BCUT2D eigenvalue weighted by Gasteiger charge is -2.48. The highest BCUT2D eigenvalue weighted by Crippen LogP contribution is 2.34. The summed E-state index contributed by atoms with van der Waals surface area (Å²) in [5, 5.41) is 13.4. The Bertz CT molecular complexity index is 873. The Labute approximate surface area is 210 Å². The molecule has 2 fully saturated rings. The first-order valence-electron chi connectivity index (χ1n) is 12.6. The van der Waals surface area contributed by atoms with Crippen molar-refractivity contribution < 1.29 is 24.2 Å². The summed E-state index contributed by atoms with van der Waals surface area (Å²) in [7, 11) is 3.59. The van der Waals surface area contributed by atoms with Gasteiger partial charge in [-0.2, -0.15) is 0 Å². The van der Waals surface area contributed by atoms with E-state index in [9.17, 15) is 14.7 Å². The van der Waals surface area contributed by atoms with Gasteiger partial charge in [-0.05, 0) is 57.9 Å². The summed E-state index contributed by atoms with van der Waals surface area (Å²) in [6.45, 7) is 12.3. The first-order chi connectivity index (χ1) is 16.4. The number of hydrogen-bond donors (Lipinski definition) is 0. The van der Waals surface area contributed by atoms with Crippen LogP contribution in [0.25, 0.3) is 0 Å². The van der Waals surface area contributed by atoms with Crippen molar-refractivity contribution in [3.8, 4) is 0 Å². The van der Waals surface area contributed by atoms with Crippen LogP contribution in [0.2, 0.25) is 0 Å². The van der Waals surface area contributed by atoms with Gasteiger partial charge in [0.05, 0.1) is 5.60 Å². The molecular weight excluding hydrogens is 446 g/mol. The normalized spacial score (nSPS) is 34.3. The van der Waals surface area contributed by atoms with Crippen LogP contribution in [0.4, 0.5) is 0 Å². The second-order valence-electron chi connectivity index (χ2n) is 11.4. The lowest BCUT2D eigenvalue weighted by atomic mass is 9.74. The number of likely N-dealkylation sites (N-methyl/N-ethyl adjacent to an activating group) is 1. The fourth-order valence-electron chi connectivity index (χ4n) is 5.73. The number of pyridine rings is 1. The fourth-order valence-corrected chi connectivity index (χ4v) is 5.73. The van der Waals surface area contributed by atoms with Crippen molar-refractivity contribution in [2.75, 3.05) is 40.4 Å². The van der Waals surface area contributed by atoms with E-state index in [1.54, 1.807) is 40.1 Å². The largest absolute Gasteiger partial charge is 0.849 e. The Balaban J connectivity index is 1.79. The van der Waals surface area contributed by atoms with Crippen LogP contribution in [-0.4, -0.2) is 84.7 Å². The third kappa shape index (κ3) is 6.10. The van der Waals surface area contributed by atoms with Crippen LogP contribution in [0.1, 0.15) is 46.6 Å². The number of ether oxygens (including phenoxy) is 2. The monoisotopic (exact) mass is 488 g/mol. The van der Waals surface area contributed by atoms with Gasteiger partial charge in [0, 0.05) is 63.6 Å². The molecule has 35 heavy (non-hydrogen) atoms. The van der Waals surface area contributed by atoms with Crippen LogP contribution in [0, 0.1) is 23.2 Å². The molecule has 196 valence electrons. The third-order valence-electron chi connectivity index (χ3n) is 8.05. The second kappa shape index (κ2) is 11.0. The molecule has 5 atom stereocenters. The number of cyclic esters (lactones) is 1. The van der Waals surface area contributed by atoms with Gasteiger partial charge in [0.2, 0.25) is 0 Å². The number of likely N-dealkylation sites (tertiary alicyclic amines) is 1. The van der Waals surface area contributed by atoms with Crippen LogP contribution < -0.4 is 5.11 Å². The van der Waals surface area contributed by atoms with E-state index >= 15 is 0 Å². The standard InChI is InChI=1S/C27H42N3O5/c1-18-12-27(5,34-7)24(32)19(2)23(31)26(3,4)25(33)35-17-22(29(6)13-18)21-15-30(16-21)14-20-8-10-28-11-9-20/h8-11,18-19,21-22,24H,12-17H2,1-7H3/q-1/t18-,19+,22+,24-,27-/m1/s1. The van der Waals surface area contributed by atoms with E-state index in [-0.39, 0.29) is 18.6 Å². The summed E-state index contributed by atoms with van der Waals surface area (Å²) < 4.78 is 11.5. The Kier molecular flexibility index (Phi) is 8.73. The summed E-state index contributed by atoms with van der Waals surface area (Å²) in [5.74, 6) is -1.35. The molecule has 0 aromatic carbocycles. The van der Waals surface area contributed by atoms with Gasteiger partial charge >= 0.3 is 5.97 Å². The predicted octanol–water partition coefficient (Wildman–Crippen LogP) is 1.76. The van der Waals surface area contributed by atoms with Gasteiger partial charge in [-0.15, -0.1) is 0 Å². The molecule has 0 unspecified atom stereocenters. The van der Waals surface area contributed by atoms with Crippen molar-refractivity contribution >= 4 is 11.8 Å². The molecule has 2 saturated heterocycles. The van der Waals surface area contributed by atoms with E-state index in [1.807, 2.05) is 12.1 Å². The Morgan fingerprint density at radius 2 is 1.77 bits per heavy atom. The number of rotatable bonds is 4. The first kappa shape index (κ1) is 27.7. The molecule has 2 aliphatic rings. The summed E-state index contributed by atoms with van der Waals surface area (Å²) in [6, 6.07) is 4.08. The maximum absolute atomic E-state index is 13.4.